The number of hydrogen-bond acceptors (Lipinski definition) is 3. The molecule has 0 unspecified atom stereocenters. The van der Waals surface area contributed by atoms with Gasteiger partial charge in [0.25, 0.3) is 5.91 Å². The first-order valence-electron chi connectivity index (χ1n) is 12.7. The highest BCUT2D eigenvalue weighted by molar-refractivity contribution is 5.95. The molecule has 1 aliphatic heterocycles. The van der Waals surface area contributed by atoms with Crippen molar-refractivity contribution in [3.05, 3.63) is 94.8 Å². The Labute approximate surface area is 209 Å². The largest absolute Gasteiger partial charge is 0.399 e. The van der Waals surface area contributed by atoms with E-state index < -0.39 is 0 Å². The van der Waals surface area contributed by atoms with Crippen molar-refractivity contribution in [2.45, 2.75) is 59.2 Å². The number of nitrogens with one attached hydrogen (secondary N) is 1. The molecule has 0 atom stereocenters. The average Bonchev–Trinajstić information content (AvgIpc) is 3.33. The minimum atomic E-state index is 0.0809. The van der Waals surface area contributed by atoms with E-state index in [1.165, 1.54) is 16.8 Å². The van der Waals surface area contributed by atoms with Crippen LogP contribution in [0.3, 0.4) is 0 Å². The van der Waals surface area contributed by atoms with Crippen LogP contribution in [0.25, 0.3) is 5.57 Å². The van der Waals surface area contributed by atoms with Gasteiger partial charge in [-0.3, -0.25) is 9.69 Å². The van der Waals surface area contributed by atoms with Crippen molar-refractivity contribution in [3.63, 3.8) is 0 Å². The minimum absolute atomic E-state index is 0.0809. The first kappa shape index (κ1) is 24.8. The molecule has 0 radical (unpaired) electrons. The summed E-state index contributed by atoms with van der Waals surface area (Å²) in [6.45, 7) is 11.3. The maximum Gasteiger partial charge on any atom is 0.254 e. The van der Waals surface area contributed by atoms with Crippen LogP contribution in [0.2, 0.25) is 0 Å². The van der Waals surface area contributed by atoms with Crippen LogP contribution < -0.4 is 5.73 Å². The second-order valence-corrected chi connectivity index (χ2v) is 10.1. The normalized spacial score (nSPS) is 14.5. The molecule has 35 heavy (non-hydrogen) atoms. The molecule has 0 aliphatic carbocycles. The Bertz CT molecular complexity index is 1140. The lowest BCUT2D eigenvalue weighted by Gasteiger charge is -2.31. The van der Waals surface area contributed by atoms with Gasteiger partial charge in [-0.1, -0.05) is 29.8 Å². The zero-order chi connectivity index (χ0) is 24.9. The number of amides is 1. The number of nitrogens with two attached hydrogens (primary N) is 1. The van der Waals surface area contributed by atoms with E-state index in [9.17, 15) is 4.79 Å². The lowest BCUT2D eigenvalue weighted by molar-refractivity contribution is 0.0643. The van der Waals surface area contributed by atoms with Gasteiger partial charge in [-0.15, -0.1) is 0 Å². The van der Waals surface area contributed by atoms with Gasteiger partial charge in [0.05, 0.1) is 0 Å². The van der Waals surface area contributed by atoms with Crippen LogP contribution in [0, 0.1) is 0 Å². The van der Waals surface area contributed by atoms with E-state index in [1.54, 1.807) is 0 Å². The third-order valence-corrected chi connectivity index (χ3v) is 6.81. The minimum Gasteiger partial charge on any atom is -0.399 e. The third kappa shape index (κ3) is 5.85. The molecule has 1 amide bonds. The third-order valence-electron chi connectivity index (χ3n) is 6.81. The van der Waals surface area contributed by atoms with E-state index in [0.29, 0.717) is 0 Å². The average molecular weight is 471 g/mol. The predicted octanol–water partition coefficient (Wildman–Crippen LogP) is 5.95. The zero-order valence-electron chi connectivity index (χ0n) is 21.4. The number of nitrogen functional groups attached to an aromatic ring is 1. The fourth-order valence-corrected chi connectivity index (χ4v) is 5.20. The Morgan fingerprint density at radius 1 is 0.914 bits per heavy atom. The lowest BCUT2D eigenvalue weighted by atomic mass is 9.87. The van der Waals surface area contributed by atoms with Gasteiger partial charge in [0, 0.05) is 54.9 Å². The number of anilines is 1. The summed E-state index contributed by atoms with van der Waals surface area (Å²) in [5.41, 5.74) is 13.9. The highest BCUT2D eigenvalue weighted by Gasteiger charge is 2.23. The van der Waals surface area contributed by atoms with Crippen LogP contribution in [-0.2, 0) is 6.54 Å². The number of benzene rings is 2. The topological polar surface area (TPSA) is 65.4 Å². The van der Waals surface area contributed by atoms with Gasteiger partial charge in [-0.2, -0.15) is 0 Å². The van der Waals surface area contributed by atoms with E-state index in [4.69, 9.17) is 5.73 Å². The van der Waals surface area contributed by atoms with Gasteiger partial charge in [0.1, 0.15) is 0 Å². The first-order chi connectivity index (χ1) is 16.8. The smallest absolute Gasteiger partial charge is 0.254 e. The van der Waals surface area contributed by atoms with Crippen LogP contribution in [0.5, 0.6) is 0 Å². The summed E-state index contributed by atoms with van der Waals surface area (Å²) in [4.78, 5) is 20.9. The maximum atomic E-state index is 13.2. The summed E-state index contributed by atoms with van der Waals surface area (Å²) in [6.07, 6.45) is 4.01. The standard InChI is InChI=1S/C30H38N4O/c1-21(2)34(22(3)4)30(35)25-12-10-23(11-13-25)29(26-7-5-8-27(31)19-26)24-14-17-33(18-15-24)20-28-9-6-16-32-28/h5-13,16,19,21-22,32H,14-15,17-18,20,31H2,1-4H3. The van der Waals surface area contributed by atoms with Crippen molar-refractivity contribution in [2.24, 2.45) is 0 Å². The van der Waals surface area contributed by atoms with Crippen LogP contribution >= 0.6 is 0 Å². The Kier molecular flexibility index (Phi) is 7.76. The number of piperidine rings is 1. The Morgan fingerprint density at radius 3 is 2.14 bits per heavy atom. The van der Waals surface area contributed by atoms with Gasteiger partial charge in [-0.25, -0.2) is 0 Å². The molecule has 5 nitrogen and oxygen atoms in total. The monoisotopic (exact) mass is 470 g/mol. The summed E-state index contributed by atoms with van der Waals surface area (Å²) in [6, 6.07) is 20.8. The van der Waals surface area contributed by atoms with E-state index in [-0.39, 0.29) is 18.0 Å². The zero-order valence-corrected chi connectivity index (χ0v) is 21.4. The van der Waals surface area contributed by atoms with Crippen LogP contribution in [0.15, 0.2) is 72.4 Å². The van der Waals surface area contributed by atoms with Gasteiger partial charge < -0.3 is 15.6 Å². The Balaban J connectivity index is 1.62. The molecular formula is C30H38N4O. The Morgan fingerprint density at radius 2 is 1.57 bits per heavy atom. The number of aromatic amines is 1. The molecule has 184 valence electrons. The number of carbonyl (C=O) groups is 1. The fourth-order valence-electron chi connectivity index (χ4n) is 5.20. The number of rotatable bonds is 7. The summed E-state index contributed by atoms with van der Waals surface area (Å²) in [5.74, 6) is 0.0809. The molecule has 1 aromatic heterocycles. The summed E-state index contributed by atoms with van der Waals surface area (Å²) >= 11 is 0. The van der Waals surface area contributed by atoms with Crippen LogP contribution in [-0.4, -0.2) is 45.9 Å². The highest BCUT2D eigenvalue weighted by Crippen LogP contribution is 2.33. The molecule has 1 fully saturated rings. The summed E-state index contributed by atoms with van der Waals surface area (Å²) < 4.78 is 0. The van der Waals surface area contributed by atoms with Crippen LogP contribution in [0.1, 0.15) is 67.7 Å². The van der Waals surface area contributed by atoms with Crippen molar-refractivity contribution in [2.75, 3.05) is 18.8 Å². The first-order valence-corrected chi connectivity index (χ1v) is 12.7. The van der Waals surface area contributed by atoms with E-state index in [1.807, 2.05) is 35.4 Å². The quantitative estimate of drug-likeness (QED) is 0.419. The molecule has 1 aliphatic rings. The molecule has 0 saturated carbocycles. The number of H-pyrrole nitrogens is 1. The van der Waals surface area contributed by atoms with Crippen molar-refractivity contribution in [3.8, 4) is 0 Å². The van der Waals surface area contributed by atoms with E-state index >= 15 is 0 Å². The number of aromatic nitrogens is 1. The predicted molar refractivity (Wildman–Crippen MR) is 145 cm³/mol. The van der Waals surface area contributed by atoms with Crippen molar-refractivity contribution >= 4 is 17.2 Å². The number of likely N-dealkylation sites (tertiary alicyclic amines) is 1. The maximum absolute atomic E-state index is 13.2. The van der Waals surface area contributed by atoms with Gasteiger partial charge in [0.2, 0.25) is 0 Å². The van der Waals surface area contributed by atoms with Gasteiger partial charge in [-0.05, 0) is 93.6 Å². The molecular weight excluding hydrogens is 432 g/mol. The molecule has 3 N–H and O–H groups in total. The molecule has 0 spiro atoms. The number of nitrogens with zero attached hydrogens (tertiary/aromatic N) is 2. The Hall–Kier alpha value is -3.31. The van der Waals surface area contributed by atoms with Gasteiger partial charge >= 0.3 is 0 Å². The molecule has 2 aromatic carbocycles. The molecule has 2 heterocycles. The van der Waals surface area contributed by atoms with Gasteiger partial charge in [0.15, 0.2) is 0 Å². The fraction of sp³-hybridized carbons (Fsp3) is 0.367. The molecule has 5 heteroatoms. The molecule has 3 aromatic rings. The number of hydrogen-bond donors (Lipinski definition) is 2. The van der Waals surface area contributed by atoms with Crippen molar-refractivity contribution < 1.29 is 4.79 Å². The SMILES string of the molecule is CC(C)N(C(=O)c1ccc(C(=C2CCN(Cc3ccc[nH]3)CC2)c2cccc(N)c2)cc1)C(C)C. The van der Waals surface area contributed by atoms with E-state index in [2.05, 4.69) is 74.0 Å². The van der Waals surface area contributed by atoms with Crippen LogP contribution in [0.4, 0.5) is 5.69 Å². The molecule has 0 bridgehead atoms. The second kappa shape index (κ2) is 11.0. The summed E-state index contributed by atoms with van der Waals surface area (Å²) in [5, 5.41) is 0. The van der Waals surface area contributed by atoms with Crippen molar-refractivity contribution in [1.29, 1.82) is 0 Å². The number of carbonyl (C=O) groups excluding carboxylic acids is 1. The van der Waals surface area contributed by atoms with E-state index in [0.717, 1.165) is 54.9 Å². The second-order valence-electron chi connectivity index (χ2n) is 10.1. The summed E-state index contributed by atoms with van der Waals surface area (Å²) in [7, 11) is 0. The highest BCUT2D eigenvalue weighted by atomic mass is 16.2. The lowest BCUT2D eigenvalue weighted by Crippen LogP contribution is -2.42. The molecule has 4 rings (SSSR count). The molecule has 1 saturated heterocycles. The van der Waals surface area contributed by atoms with Crippen molar-refractivity contribution in [1.82, 2.24) is 14.8 Å².